The quantitative estimate of drug-likeness (QED) is 0.372. The molecule has 0 aliphatic carbocycles. The number of aliphatic imine (C=N–C) groups is 1. The van der Waals surface area contributed by atoms with Crippen LogP contribution in [0.4, 0.5) is 5.69 Å². The predicted molar refractivity (Wildman–Crippen MR) is 97.0 cm³/mol. The summed E-state index contributed by atoms with van der Waals surface area (Å²) in [5.41, 5.74) is 0.495. The van der Waals surface area contributed by atoms with Gasteiger partial charge in [-0.3, -0.25) is 25.0 Å². The maximum atomic E-state index is 12.7. The lowest BCUT2D eigenvalue weighted by atomic mass is 9.91. The van der Waals surface area contributed by atoms with Crippen molar-refractivity contribution in [3.63, 3.8) is 0 Å². The monoisotopic (exact) mass is 374 g/mol. The van der Waals surface area contributed by atoms with Gasteiger partial charge in [0.15, 0.2) is 5.92 Å². The number of esters is 1. The average molecular weight is 374 g/mol. The molecule has 0 radical (unpaired) electrons. The standard InChI is InChI=1S/C18H22N4O5/c1-2-27-17(24)14-15(12-6-8-13(9-7-12)22(25)26)19-18(20-16(14)23)21-10-4-3-5-11-21/h6-9,14-15H,2-5,10-11H2,1H3,(H,19,20,23)/t14-,15+/m1/s1. The minimum atomic E-state index is -1.13. The normalized spacial score (nSPS) is 22.6. The summed E-state index contributed by atoms with van der Waals surface area (Å²) in [6.07, 6.45) is 3.16. The molecule has 1 fully saturated rings. The number of carbonyl (C=O) groups is 2. The molecule has 27 heavy (non-hydrogen) atoms. The molecule has 1 aromatic rings. The molecule has 2 aliphatic heterocycles. The van der Waals surface area contributed by atoms with Crippen LogP contribution in [-0.2, 0) is 14.3 Å². The molecular weight excluding hydrogens is 352 g/mol. The number of non-ortho nitro benzene ring substituents is 1. The van der Waals surface area contributed by atoms with Gasteiger partial charge >= 0.3 is 5.97 Å². The lowest BCUT2D eigenvalue weighted by Gasteiger charge is -2.35. The molecule has 0 bridgehead atoms. The Morgan fingerprint density at radius 2 is 1.96 bits per heavy atom. The van der Waals surface area contributed by atoms with E-state index in [4.69, 9.17) is 4.74 Å². The first kappa shape index (κ1) is 18.8. The third-order valence-electron chi connectivity index (χ3n) is 4.74. The SMILES string of the molecule is CCOC(=O)[C@H]1C(=O)NC(N2CCCCC2)=N[C@H]1c1ccc([N+](=O)[O-])cc1. The summed E-state index contributed by atoms with van der Waals surface area (Å²) in [4.78, 5) is 42.1. The molecule has 0 spiro atoms. The number of ether oxygens (including phenoxy) is 1. The predicted octanol–water partition coefficient (Wildman–Crippen LogP) is 1.79. The van der Waals surface area contributed by atoms with Gasteiger partial charge < -0.3 is 9.64 Å². The highest BCUT2D eigenvalue weighted by molar-refractivity contribution is 6.08. The molecule has 1 N–H and O–H groups in total. The summed E-state index contributed by atoms with van der Waals surface area (Å²) in [6.45, 7) is 3.40. The zero-order chi connectivity index (χ0) is 19.4. The Morgan fingerprint density at radius 3 is 2.56 bits per heavy atom. The van der Waals surface area contributed by atoms with Crippen molar-refractivity contribution in [1.29, 1.82) is 0 Å². The number of nitro benzene ring substituents is 1. The number of rotatable bonds is 4. The van der Waals surface area contributed by atoms with Gasteiger partial charge in [-0.1, -0.05) is 12.1 Å². The molecule has 0 aromatic heterocycles. The molecule has 1 amide bonds. The molecule has 2 atom stereocenters. The van der Waals surface area contributed by atoms with Gasteiger partial charge in [0, 0.05) is 25.2 Å². The van der Waals surface area contributed by atoms with Crippen molar-refractivity contribution < 1.29 is 19.2 Å². The van der Waals surface area contributed by atoms with Crippen molar-refractivity contribution in [2.75, 3.05) is 19.7 Å². The second-order valence-electron chi connectivity index (χ2n) is 6.51. The molecule has 0 unspecified atom stereocenters. The Kier molecular flexibility index (Phi) is 5.68. The molecule has 0 saturated carbocycles. The van der Waals surface area contributed by atoms with E-state index < -0.39 is 28.8 Å². The van der Waals surface area contributed by atoms with Crippen molar-refractivity contribution >= 4 is 23.5 Å². The first-order valence-electron chi connectivity index (χ1n) is 9.06. The Morgan fingerprint density at radius 1 is 1.30 bits per heavy atom. The van der Waals surface area contributed by atoms with Gasteiger partial charge in [-0.15, -0.1) is 0 Å². The van der Waals surface area contributed by atoms with Gasteiger partial charge in [-0.05, 0) is 31.7 Å². The van der Waals surface area contributed by atoms with E-state index in [0.29, 0.717) is 11.5 Å². The number of benzene rings is 1. The Labute approximate surface area is 156 Å². The number of guanidine groups is 1. The van der Waals surface area contributed by atoms with Crippen LogP contribution in [0.1, 0.15) is 37.8 Å². The van der Waals surface area contributed by atoms with E-state index in [1.165, 1.54) is 24.3 Å². The Balaban J connectivity index is 1.96. The van der Waals surface area contributed by atoms with E-state index in [1.807, 2.05) is 4.90 Å². The van der Waals surface area contributed by atoms with E-state index in [0.717, 1.165) is 32.4 Å². The first-order valence-corrected chi connectivity index (χ1v) is 9.06. The number of nitrogens with zero attached hydrogens (tertiary/aromatic N) is 3. The van der Waals surface area contributed by atoms with Gasteiger partial charge in [0.05, 0.1) is 11.5 Å². The largest absolute Gasteiger partial charge is 0.465 e. The third kappa shape index (κ3) is 4.07. The van der Waals surface area contributed by atoms with Crippen LogP contribution in [0.3, 0.4) is 0 Å². The van der Waals surface area contributed by atoms with E-state index >= 15 is 0 Å². The number of nitro groups is 1. The molecule has 3 rings (SSSR count). The van der Waals surface area contributed by atoms with Crippen LogP contribution >= 0.6 is 0 Å². The fraction of sp³-hybridized carbons (Fsp3) is 0.500. The minimum Gasteiger partial charge on any atom is -0.465 e. The van der Waals surface area contributed by atoms with Gasteiger partial charge in [-0.2, -0.15) is 0 Å². The number of hydrogen-bond donors (Lipinski definition) is 1. The summed E-state index contributed by atoms with van der Waals surface area (Å²) >= 11 is 0. The summed E-state index contributed by atoms with van der Waals surface area (Å²) in [5, 5.41) is 13.6. The molecule has 2 heterocycles. The fourth-order valence-corrected chi connectivity index (χ4v) is 3.36. The lowest BCUT2D eigenvalue weighted by molar-refractivity contribution is -0.384. The van der Waals surface area contributed by atoms with Gasteiger partial charge in [0.2, 0.25) is 11.9 Å². The summed E-state index contributed by atoms with van der Waals surface area (Å²) in [5.74, 6) is -1.80. The highest BCUT2D eigenvalue weighted by atomic mass is 16.6. The number of amides is 1. The molecule has 144 valence electrons. The molecule has 9 nitrogen and oxygen atoms in total. The van der Waals surface area contributed by atoms with Crippen molar-refractivity contribution in [3.05, 3.63) is 39.9 Å². The molecule has 1 saturated heterocycles. The zero-order valence-electron chi connectivity index (χ0n) is 15.1. The van der Waals surface area contributed by atoms with Crippen molar-refractivity contribution in [3.8, 4) is 0 Å². The van der Waals surface area contributed by atoms with Crippen LogP contribution in [0.5, 0.6) is 0 Å². The minimum absolute atomic E-state index is 0.0630. The second kappa shape index (κ2) is 8.15. The summed E-state index contributed by atoms with van der Waals surface area (Å²) in [6, 6.07) is 4.98. The van der Waals surface area contributed by atoms with Crippen LogP contribution in [0, 0.1) is 16.0 Å². The van der Waals surface area contributed by atoms with E-state index in [1.54, 1.807) is 6.92 Å². The van der Waals surface area contributed by atoms with E-state index in [-0.39, 0.29) is 12.3 Å². The lowest BCUT2D eigenvalue weighted by Crippen LogP contribution is -2.53. The number of carbonyl (C=O) groups excluding carboxylic acids is 2. The van der Waals surface area contributed by atoms with Crippen LogP contribution in [0.15, 0.2) is 29.3 Å². The van der Waals surface area contributed by atoms with Crippen molar-refractivity contribution in [2.45, 2.75) is 32.2 Å². The Hall–Kier alpha value is -2.97. The highest BCUT2D eigenvalue weighted by Crippen LogP contribution is 2.32. The maximum Gasteiger partial charge on any atom is 0.321 e. The van der Waals surface area contributed by atoms with E-state index in [9.17, 15) is 19.7 Å². The Bertz CT molecular complexity index is 756. The molecule has 9 heteroatoms. The smallest absolute Gasteiger partial charge is 0.321 e. The number of piperidine rings is 1. The summed E-state index contributed by atoms with van der Waals surface area (Å²) in [7, 11) is 0. The van der Waals surface area contributed by atoms with E-state index in [2.05, 4.69) is 10.3 Å². The number of likely N-dealkylation sites (tertiary alicyclic amines) is 1. The average Bonchev–Trinajstić information content (AvgIpc) is 2.68. The molecular formula is C18H22N4O5. The summed E-state index contributed by atoms with van der Waals surface area (Å²) < 4.78 is 5.06. The van der Waals surface area contributed by atoms with Crippen molar-refractivity contribution in [1.82, 2.24) is 10.2 Å². The van der Waals surface area contributed by atoms with Crippen LogP contribution < -0.4 is 5.32 Å². The van der Waals surface area contributed by atoms with Gasteiger partial charge in [0.25, 0.3) is 5.69 Å². The topological polar surface area (TPSA) is 114 Å². The van der Waals surface area contributed by atoms with Crippen molar-refractivity contribution in [2.24, 2.45) is 10.9 Å². The maximum absolute atomic E-state index is 12.7. The van der Waals surface area contributed by atoms with Crippen LogP contribution in [0.2, 0.25) is 0 Å². The van der Waals surface area contributed by atoms with Gasteiger partial charge in [-0.25, -0.2) is 4.99 Å². The molecule has 2 aliphatic rings. The number of hydrogen-bond acceptors (Lipinski definition) is 7. The second-order valence-corrected chi connectivity index (χ2v) is 6.51. The number of nitrogens with one attached hydrogen (secondary N) is 1. The fourth-order valence-electron chi connectivity index (χ4n) is 3.36. The zero-order valence-corrected chi connectivity index (χ0v) is 15.1. The third-order valence-corrected chi connectivity index (χ3v) is 4.74. The van der Waals surface area contributed by atoms with Gasteiger partial charge in [0.1, 0.15) is 6.04 Å². The van der Waals surface area contributed by atoms with Crippen LogP contribution in [0.25, 0.3) is 0 Å². The van der Waals surface area contributed by atoms with Crippen LogP contribution in [-0.4, -0.2) is 47.4 Å². The highest BCUT2D eigenvalue weighted by Gasteiger charge is 2.42. The molecule has 1 aromatic carbocycles. The first-order chi connectivity index (χ1) is 13.0.